The summed E-state index contributed by atoms with van der Waals surface area (Å²) < 4.78 is 0. The molecule has 0 bridgehead atoms. The lowest BCUT2D eigenvalue weighted by Gasteiger charge is -2.00. The van der Waals surface area contributed by atoms with E-state index in [1.54, 1.807) is 12.3 Å². The Balaban J connectivity index is 2.46. The maximum absolute atomic E-state index is 9.98. The van der Waals surface area contributed by atoms with E-state index in [2.05, 4.69) is 10.2 Å². The Morgan fingerprint density at radius 3 is 2.69 bits per heavy atom. The van der Waals surface area contributed by atoms with E-state index < -0.39 is 6.04 Å². The molecule has 0 spiro atoms. The molecule has 0 saturated heterocycles. The van der Waals surface area contributed by atoms with Crippen molar-refractivity contribution in [2.45, 2.75) is 6.04 Å². The first-order valence-corrected chi connectivity index (χ1v) is 5.01. The molecule has 1 aromatic rings. The first kappa shape index (κ1) is 12.3. The maximum Gasteiger partial charge on any atom is 0.106 e. The summed E-state index contributed by atoms with van der Waals surface area (Å²) in [5, 5.41) is 11.5. The highest BCUT2D eigenvalue weighted by Crippen LogP contribution is 2.00. The molecule has 0 amide bonds. The number of aliphatic hydroxyl groups is 1. The summed E-state index contributed by atoms with van der Waals surface area (Å²) in [7, 11) is 0. The van der Waals surface area contributed by atoms with Gasteiger partial charge >= 0.3 is 0 Å². The van der Waals surface area contributed by atoms with Crippen LogP contribution in [0.2, 0.25) is 0 Å². The number of rotatable bonds is 6. The van der Waals surface area contributed by atoms with Crippen LogP contribution in [0.5, 0.6) is 0 Å². The molecule has 4 nitrogen and oxygen atoms in total. The number of hydrogen-bond donors (Lipinski definition) is 1. The van der Waals surface area contributed by atoms with Gasteiger partial charge in [-0.2, -0.15) is 4.91 Å². The molecule has 1 unspecified atom stereocenters. The van der Waals surface area contributed by atoms with Crippen molar-refractivity contribution in [3.05, 3.63) is 46.9 Å². The lowest BCUT2D eigenvalue weighted by atomic mass is 10.2. The summed E-state index contributed by atoms with van der Waals surface area (Å²) in [6.45, 7) is -0.159. The van der Waals surface area contributed by atoms with Crippen molar-refractivity contribution in [3.8, 4) is 0 Å². The van der Waals surface area contributed by atoms with Crippen molar-refractivity contribution >= 4 is 12.3 Å². The lowest BCUT2D eigenvalue weighted by molar-refractivity contribution is 0.270. The zero-order valence-corrected chi connectivity index (χ0v) is 8.86. The lowest BCUT2D eigenvalue weighted by Crippen LogP contribution is -2.13. The van der Waals surface area contributed by atoms with Gasteiger partial charge in [-0.05, 0) is 11.6 Å². The van der Waals surface area contributed by atoms with Gasteiger partial charge in [0.25, 0.3) is 0 Å². The second-order valence-corrected chi connectivity index (χ2v) is 3.22. The van der Waals surface area contributed by atoms with E-state index in [1.165, 1.54) is 0 Å². The normalized spacial score (nSPS) is 13.3. The highest BCUT2D eigenvalue weighted by Gasteiger charge is 2.01. The summed E-state index contributed by atoms with van der Waals surface area (Å²) in [5.74, 6) is 0. The molecule has 0 aromatic heterocycles. The number of hydrogen-bond acceptors (Lipinski definition) is 4. The molecule has 0 aliphatic rings. The zero-order chi connectivity index (χ0) is 11.6. The van der Waals surface area contributed by atoms with Crippen LogP contribution in [0.25, 0.3) is 6.08 Å². The summed E-state index contributed by atoms with van der Waals surface area (Å²) in [4.78, 5) is 14.0. The second-order valence-electron chi connectivity index (χ2n) is 3.22. The molecular formula is C12H14N2O2. The van der Waals surface area contributed by atoms with Crippen molar-refractivity contribution in [3.63, 3.8) is 0 Å². The predicted molar refractivity (Wildman–Crippen MR) is 65.5 cm³/mol. The smallest absolute Gasteiger partial charge is 0.106 e. The molecule has 4 heteroatoms. The fraction of sp³-hybridized carbons (Fsp3) is 0.250. The summed E-state index contributed by atoms with van der Waals surface area (Å²) in [5.41, 5.74) is 1.07. The van der Waals surface area contributed by atoms with Crippen molar-refractivity contribution in [2.24, 2.45) is 10.2 Å². The van der Waals surface area contributed by atoms with Crippen LogP contribution in [0.15, 0.2) is 46.6 Å². The second kappa shape index (κ2) is 7.48. The molecule has 1 aromatic carbocycles. The fourth-order valence-corrected chi connectivity index (χ4v) is 1.13. The molecule has 0 heterocycles. The Bertz CT molecular complexity index is 361. The number of nitroso groups, excluding NO2 is 1. The largest absolute Gasteiger partial charge is 0.394 e. The van der Waals surface area contributed by atoms with E-state index in [1.807, 2.05) is 36.4 Å². The van der Waals surface area contributed by atoms with E-state index in [0.717, 1.165) is 5.56 Å². The Hall–Kier alpha value is -1.81. The quantitative estimate of drug-likeness (QED) is 0.585. The van der Waals surface area contributed by atoms with Crippen molar-refractivity contribution in [1.82, 2.24) is 0 Å². The van der Waals surface area contributed by atoms with Gasteiger partial charge in [0.15, 0.2) is 0 Å². The first-order chi connectivity index (χ1) is 7.86. The van der Waals surface area contributed by atoms with Crippen LogP contribution < -0.4 is 0 Å². The molecular weight excluding hydrogens is 204 g/mol. The third-order valence-corrected chi connectivity index (χ3v) is 1.97. The number of aliphatic imine (C=N–C) groups is 1. The average Bonchev–Trinajstić information content (AvgIpc) is 2.34. The molecule has 0 aliphatic heterocycles. The van der Waals surface area contributed by atoms with E-state index in [-0.39, 0.29) is 13.2 Å². The molecule has 0 radical (unpaired) electrons. The molecule has 1 N–H and O–H groups in total. The molecule has 0 saturated carbocycles. The van der Waals surface area contributed by atoms with Gasteiger partial charge in [-0.3, -0.25) is 4.99 Å². The fourth-order valence-electron chi connectivity index (χ4n) is 1.13. The Morgan fingerprint density at radius 1 is 1.31 bits per heavy atom. The summed E-state index contributed by atoms with van der Waals surface area (Å²) in [6.07, 6.45) is 5.23. The van der Waals surface area contributed by atoms with Crippen LogP contribution in [0.1, 0.15) is 5.56 Å². The standard InChI is InChI=1S/C12H14N2O2/c15-10-12(9-14-16)13-8-4-7-11-5-2-1-3-6-11/h1-8,12,15H,9-10H2/b7-4+,13-8?. The van der Waals surface area contributed by atoms with Gasteiger partial charge in [0, 0.05) is 6.21 Å². The first-order valence-electron chi connectivity index (χ1n) is 5.01. The van der Waals surface area contributed by atoms with Gasteiger partial charge < -0.3 is 5.11 Å². The third-order valence-electron chi connectivity index (χ3n) is 1.97. The molecule has 16 heavy (non-hydrogen) atoms. The van der Waals surface area contributed by atoms with Gasteiger partial charge in [0.2, 0.25) is 0 Å². The third kappa shape index (κ3) is 4.61. The minimum absolute atomic E-state index is 0.00613. The number of benzene rings is 1. The Morgan fingerprint density at radius 2 is 2.06 bits per heavy atom. The highest BCUT2D eigenvalue weighted by molar-refractivity contribution is 5.78. The number of nitrogens with zero attached hydrogens (tertiary/aromatic N) is 2. The van der Waals surface area contributed by atoms with E-state index in [9.17, 15) is 4.91 Å². The van der Waals surface area contributed by atoms with Crippen LogP contribution in [-0.4, -0.2) is 30.5 Å². The van der Waals surface area contributed by atoms with Crippen molar-refractivity contribution in [2.75, 3.05) is 13.2 Å². The van der Waals surface area contributed by atoms with Gasteiger partial charge in [-0.15, -0.1) is 0 Å². The van der Waals surface area contributed by atoms with Crippen molar-refractivity contribution in [1.29, 1.82) is 0 Å². The van der Waals surface area contributed by atoms with Crippen LogP contribution in [-0.2, 0) is 0 Å². The Labute approximate surface area is 94.3 Å². The SMILES string of the molecule is O=NCC(CO)N=C/C=C/c1ccccc1. The van der Waals surface area contributed by atoms with E-state index in [4.69, 9.17) is 5.11 Å². The minimum atomic E-state index is -0.432. The van der Waals surface area contributed by atoms with Gasteiger partial charge in [-0.25, -0.2) is 0 Å². The number of allylic oxidation sites excluding steroid dienone is 1. The van der Waals surface area contributed by atoms with Crippen LogP contribution >= 0.6 is 0 Å². The van der Waals surface area contributed by atoms with Gasteiger partial charge in [0.05, 0.1) is 12.6 Å². The number of aliphatic hydroxyl groups excluding tert-OH is 1. The molecule has 84 valence electrons. The van der Waals surface area contributed by atoms with Crippen LogP contribution in [0, 0.1) is 4.91 Å². The monoisotopic (exact) mass is 218 g/mol. The highest BCUT2D eigenvalue weighted by atomic mass is 16.3. The van der Waals surface area contributed by atoms with Crippen LogP contribution in [0.3, 0.4) is 0 Å². The van der Waals surface area contributed by atoms with Crippen LogP contribution in [0.4, 0.5) is 0 Å². The van der Waals surface area contributed by atoms with Gasteiger partial charge in [-0.1, -0.05) is 41.6 Å². The molecule has 0 aliphatic carbocycles. The summed E-state index contributed by atoms with van der Waals surface area (Å²) in [6, 6.07) is 9.36. The molecule has 1 atom stereocenters. The van der Waals surface area contributed by atoms with Crippen molar-refractivity contribution < 1.29 is 5.11 Å². The summed E-state index contributed by atoms with van der Waals surface area (Å²) >= 11 is 0. The molecule has 1 rings (SSSR count). The maximum atomic E-state index is 9.98. The minimum Gasteiger partial charge on any atom is -0.394 e. The van der Waals surface area contributed by atoms with Gasteiger partial charge in [0.1, 0.15) is 6.54 Å². The van der Waals surface area contributed by atoms with E-state index >= 15 is 0 Å². The predicted octanol–water partition coefficient (Wildman–Crippen LogP) is 1.90. The topological polar surface area (TPSA) is 62.0 Å². The average molecular weight is 218 g/mol. The van der Waals surface area contributed by atoms with E-state index in [0.29, 0.717) is 0 Å². The Kier molecular flexibility index (Phi) is 5.73. The molecule has 0 fully saturated rings. The zero-order valence-electron chi connectivity index (χ0n) is 8.86.